The molecule has 2 heterocycles. The molecule has 1 unspecified atom stereocenters. The summed E-state index contributed by atoms with van der Waals surface area (Å²) in [5.74, 6) is 2.24. The first-order valence-electron chi connectivity index (χ1n) is 7.17. The second kappa shape index (κ2) is 5.76. The van der Waals surface area contributed by atoms with Crippen LogP contribution in [0.1, 0.15) is 20.3 Å². The summed E-state index contributed by atoms with van der Waals surface area (Å²) >= 11 is 1.98. The Balaban J connectivity index is 2.07. The molecule has 0 aromatic rings. The van der Waals surface area contributed by atoms with Gasteiger partial charge in [-0.1, -0.05) is 13.8 Å². The lowest BCUT2D eigenvalue weighted by Gasteiger charge is -2.52. The van der Waals surface area contributed by atoms with Crippen molar-refractivity contribution in [3.63, 3.8) is 0 Å². The van der Waals surface area contributed by atoms with Gasteiger partial charge in [-0.15, -0.1) is 0 Å². The van der Waals surface area contributed by atoms with E-state index in [1.807, 2.05) is 11.8 Å². The lowest BCUT2D eigenvalue weighted by atomic mass is 9.78. The van der Waals surface area contributed by atoms with E-state index >= 15 is 0 Å². The van der Waals surface area contributed by atoms with Gasteiger partial charge in [-0.25, -0.2) is 8.42 Å². The van der Waals surface area contributed by atoms with E-state index in [1.165, 1.54) is 12.0 Å². The predicted octanol–water partition coefficient (Wildman–Crippen LogP) is 0.424. The Hall–Kier alpha value is 0.180. The molecule has 20 heavy (non-hydrogen) atoms. The van der Waals surface area contributed by atoms with E-state index in [9.17, 15) is 8.42 Å². The van der Waals surface area contributed by atoms with Crippen LogP contribution in [0, 0.1) is 5.41 Å². The standard InChI is InChI=1S/C13H27N3O2S2/c1-12(2)8-13(9-14,11-19-10-12)15-4-6-16(7-5-15)20(3,17)18/h4-11,14H2,1-3H3. The third kappa shape index (κ3) is 3.50. The van der Waals surface area contributed by atoms with Crippen LogP contribution in [0.25, 0.3) is 0 Å². The average Bonchev–Trinajstić information content (AvgIpc) is 2.36. The molecular weight excluding hydrogens is 294 g/mol. The fraction of sp³-hybridized carbons (Fsp3) is 1.00. The van der Waals surface area contributed by atoms with Crippen LogP contribution in [-0.2, 0) is 10.0 Å². The van der Waals surface area contributed by atoms with E-state index in [2.05, 4.69) is 18.7 Å². The molecule has 2 aliphatic heterocycles. The van der Waals surface area contributed by atoms with E-state index in [4.69, 9.17) is 5.73 Å². The van der Waals surface area contributed by atoms with Crippen molar-refractivity contribution in [1.29, 1.82) is 0 Å². The van der Waals surface area contributed by atoms with Gasteiger partial charge >= 0.3 is 0 Å². The highest BCUT2D eigenvalue weighted by Crippen LogP contribution is 2.42. The number of nitrogens with zero attached hydrogens (tertiary/aromatic N) is 2. The minimum atomic E-state index is -3.06. The summed E-state index contributed by atoms with van der Waals surface area (Å²) in [4.78, 5) is 2.43. The number of nitrogens with two attached hydrogens (primary N) is 1. The van der Waals surface area contributed by atoms with Crippen molar-refractivity contribution in [2.75, 3.05) is 50.5 Å². The normalized spacial score (nSPS) is 33.2. The van der Waals surface area contributed by atoms with Crippen LogP contribution in [0.5, 0.6) is 0 Å². The zero-order valence-electron chi connectivity index (χ0n) is 12.8. The number of hydrogen-bond acceptors (Lipinski definition) is 5. The SMILES string of the molecule is CC1(C)CSCC(CN)(N2CCN(S(C)(=O)=O)CC2)C1. The van der Waals surface area contributed by atoms with Gasteiger partial charge < -0.3 is 5.73 Å². The van der Waals surface area contributed by atoms with Crippen molar-refractivity contribution < 1.29 is 8.42 Å². The molecular formula is C13H27N3O2S2. The topological polar surface area (TPSA) is 66.6 Å². The van der Waals surface area contributed by atoms with Crippen molar-refractivity contribution in [2.24, 2.45) is 11.1 Å². The summed E-state index contributed by atoms with van der Waals surface area (Å²) in [6.45, 7) is 8.02. The van der Waals surface area contributed by atoms with Crippen LogP contribution in [0.15, 0.2) is 0 Å². The third-order valence-electron chi connectivity index (χ3n) is 4.43. The highest BCUT2D eigenvalue weighted by atomic mass is 32.2. The maximum absolute atomic E-state index is 11.6. The summed E-state index contributed by atoms with van der Waals surface area (Å²) in [5.41, 5.74) is 6.46. The van der Waals surface area contributed by atoms with Gasteiger partial charge in [0.05, 0.1) is 6.26 Å². The fourth-order valence-corrected chi connectivity index (χ4v) is 5.83. The zero-order chi connectivity index (χ0) is 15.0. The molecule has 7 heteroatoms. The summed E-state index contributed by atoms with van der Waals surface area (Å²) in [6.07, 6.45) is 2.39. The zero-order valence-corrected chi connectivity index (χ0v) is 14.4. The van der Waals surface area contributed by atoms with Crippen LogP contribution < -0.4 is 5.73 Å². The molecule has 2 saturated heterocycles. The molecule has 0 amide bonds. The van der Waals surface area contributed by atoms with E-state index in [-0.39, 0.29) is 5.54 Å². The van der Waals surface area contributed by atoms with Gasteiger partial charge in [-0.3, -0.25) is 4.90 Å². The summed E-state index contributed by atoms with van der Waals surface area (Å²) < 4.78 is 24.8. The maximum Gasteiger partial charge on any atom is 0.211 e. The number of rotatable bonds is 3. The molecule has 1 atom stereocenters. The average molecular weight is 322 g/mol. The summed E-state index contributed by atoms with van der Waals surface area (Å²) in [7, 11) is -3.06. The number of sulfonamides is 1. The first kappa shape index (κ1) is 16.5. The van der Waals surface area contributed by atoms with Crippen molar-refractivity contribution in [1.82, 2.24) is 9.21 Å². The first-order chi connectivity index (χ1) is 9.19. The molecule has 0 aromatic heterocycles. The van der Waals surface area contributed by atoms with Crippen LogP contribution in [-0.4, -0.2) is 73.6 Å². The Morgan fingerprint density at radius 3 is 2.20 bits per heavy atom. The number of thioether (sulfide) groups is 1. The highest BCUT2D eigenvalue weighted by Gasteiger charge is 2.44. The van der Waals surface area contributed by atoms with Gasteiger partial charge in [-0.2, -0.15) is 16.1 Å². The smallest absolute Gasteiger partial charge is 0.211 e. The molecule has 118 valence electrons. The Bertz CT molecular complexity index is 445. The molecule has 2 rings (SSSR count). The molecule has 2 N–H and O–H groups in total. The van der Waals surface area contributed by atoms with Gasteiger partial charge in [0.25, 0.3) is 0 Å². The minimum Gasteiger partial charge on any atom is -0.329 e. The fourth-order valence-electron chi connectivity index (χ4n) is 3.47. The summed E-state index contributed by atoms with van der Waals surface area (Å²) in [5, 5.41) is 0. The second-order valence-corrected chi connectivity index (χ2v) is 9.88. The van der Waals surface area contributed by atoms with Crippen molar-refractivity contribution in [3.05, 3.63) is 0 Å². The largest absolute Gasteiger partial charge is 0.329 e. The lowest BCUT2D eigenvalue weighted by molar-refractivity contribution is 0.0414. The van der Waals surface area contributed by atoms with Crippen LogP contribution in [0.2, 0.25) is 0 Å². The molecule has 0 saturated carbocycles. The third-order valence-corrected chi connectivity index (χ3v) is 7.46. The Morgan fingerprint density at radius 1 is 1.15 bits per heavy atom. The van der Waals surface area contributed by atoms with Gasteiger partial charge in [0.1, 0.15) is 0 Å². The Kier molecular flexibility index (Phi) is 4.76. The molecule has 0 aromatic carbocycles. The molecule has 0 radical (unpaired) electrons. The van der Waals surface area contributed by atoms with Crippen LogP contribution in [0.4, 0.5) is 0 Å². The van der Waals surface area contributed by atoms with E-state index < -0.39 is 10.0 Å². The van der Waals surface area contributed by atoms with E-state index in [1.54, 1.807) is 4.31 Å². The van der Waals surface area contributed by atoms with Gasteiger partial charge in [0, 0.05) is 44.0 Å². The van der Waals surface area contributed by atoms with Gasteiger partial charge in [-0.05, 0) is 17.6 Å². The number of piperazine rings is 1. The second-order valence-electron chi connectivity index (χ2n) is 6.91. The lowest BCUT2D eigenvalue weighted by Crippen LogP contribution is -2.64. The molecule has 0 spiro atoms. The highest BCUT2D eigenvalue weighted by molar-refractivity contribution is 7.99. The Morgan fingerprint density at radius 2 is 1.75 bits per heavy atom. The monoisotopic (exact) mass is 321 g/mol. The van der Waals surface area contributed by atoms with E-state index in [0.717, 1.165) is 25.3 Å². The van der Waals surface area contributed by atoms with Gasteiger partial charge in [0.15, 0.2) is 0 Å². The summed E-state index contributed by atoms with van der Waals surface area (Å²) in [6, 6.07) is 0. The van der Waals surface area contributed by atoms with Gasteiger partial charge in [0.2, 0.25) is 10.0 Å². The molecule has 0 bridgehead atoms. The quantitative estimate of drug-likeness (QED) is 0.816. The maximum atomic E-state index is 11.6. The van der Waals surface area contributed by atoms with Crippen molar-refractivity contribution in [3.8, 4) is 0 Å². The van der Waals surface area contributed by atoms with Crippen molar-refractivity contribution >= 4 is 21.8 Å². The van der Waals surface area contributed by atoms with Crippen LogP contribution >= 0.6 is 11.8 Å². The van der Waals surface area contributed by atoms with E-state index in [0.29, 0.717) is 25.0 Å². The molecule has 0 aliphatic carbocycles. The number of hydrogen-bond donors (Lipinski definition) is 1. The molecule has 2 fully saturated rings. The first-order valence-corrected chi connectivity index (χ1v) is 10.2. The van der Waals surface area contributed by atoms with Crippen molar-refractivity contribution in [2.45, 2.75) is 25.8 Å². The Labute approximate surface area is 127 Å². The minimum absolute atomic E-state index is 0.0377. The molecule has 5 nitrogen and oxygen atoms in total. The van der Waals surface area contributed by atoms with Crippen LogP contribution in [0.3, 0.4) is 0 Å². The predicted molar refractivity (Wildman–Crippen MR) is 85.5 cm³/mol. The molecule has 2 aliphatic rings.